The maximum atomic E-state index is 6.14. The summed E-state index contributed by atoms with van der Waals surface area (Å²) >= 11 is 6.14. The van der Waals surface area contributed by atoms with Crippen molar-refractivity contribution in [3.8, 4) is 0 Å². The highest BCUT2D eigenvalue weighted by Crippen LogP contribution is 2.31. The lowest BCUT2D eigenvalue weighted by atomic mass is 9.90. The zero-order valence-electron chi connectivity index (χ0n) is 11.8. The molecule has 0 amide bonds. The van der Waals surface area contributed by atoms with Crippen molar-refractivity contribution in [3.05, 3.63) is 45.9 Å². The number of nitrogens with one attached hydrogen (secondary N) is 1. The van der Waals surface area contributed by atoms with Crippen molar-refractivity contribution >= 4 is 23.1 Å². The van der Waals surface area contributed by atoms with Gasteiger partial charge in [0.15, 0.2) is 0 Å². The van der Waals surface area contributed by atoms with E-state index in [9.17, 15) is 0 Å². The van der Waals surface area contributed by atoms with Crippen molar-refractivity contribution in [2.45, 2.75) is 39.5 Å². The molecule has 0 spiro atoms. The van der Waals surface area contributed by atoms with Crippen molar-refractivity contribution in [2.75, 3.05) is 5.32 Å². The van der Waals surface area contributed by atoms with E-state index in [0.717, 1.165) is 23.5 Å². The average Bonchev–Trinajstić information content (AvgIpc) is 2.44. The van der Waals surface area contributed by atoms with E-state index in [1.807, 2.05) is 13.8 Å². The molecule has 4 heteroatoms. The van der Waals surface area contributed by atoms with Gasteiger partial charge in [-0.1, -0.05) is 23.7 Å². The number of aromatic nitrogens is 2. The molecular formula is C16H18ClN3. The lowest BCUT2D eigenvalue weighted by molar-refractivity contribution is 0.687. The minimum atomic E-state index is 0.518. The van der Waals surface area contributed by atoms with Gasteiger partial charge in [0, 0.05) is 11.3 Å². The number of rotatable bonds is 2. The smallest absolute Gasteiger partial charge is 0.138 e. The minimum absolute atomic E-state index is 0.518. The summed E-state index contributed by atoms with van der Waals surface area (Å²) in [4.78, 5) is 8.65. The number of halogens is 1. The van der Waals surface area contributed by atoms with Crippen LogP contribution in [-0.4, -0.2) is 9.97 Å². The number of benzene rings is 1. The van der Waals surface area contributed by atoms with Crippen molar-refractivity contribution in [2.24, 2.45) is 0 Å². The van der Waals surface area contributed by atoms with E-state index in [0.29, 0.717) is 11.0 Å². The maximum absolute atomic E-state index is 6.14. The number of hydrogen-bond donors (Lipinski definition) is 1. The van der Waals surface area contributed by atoms with Crippen LogP contribution in [0.3, 0.4) is 0 Å². The van der Waals surface area contributed by atoms with Crippen LogP contribution in [0, 0.1) is 13.8 Å². The molecule has 104 valence electrons. The number of hydrogen-bond acceptors (Lipinski definition) is 3. The third kappa shape index (κ3) is 2.50. The first-order valence-corrected chi connectivity index (χ1v) is 7.41. The molecule has 0 aliphatic heterocycles. The first-order valence-electron chi connectivity index (χ1n) is 7.03. The van der Waals surface area contributed by atoms with Gasteiger partial charge in [-0.25, -0.2) is 9.97 Å². The Morgan fingerprint density at radius 2 is 1.90 bits per heavy atom. The van der Waals surface area contributed by atoms with Crippen LogP contribution in [0.5, 0.6) is 0 Å². The summed E-state index contributed by atoms with van der Waals surface area (Å²) in [5, 5.41) is 3.96. The van der Waals surface area contributed by atoms with Crippen LogP contribution < -0.4 is 5.32 Å². The van der Waals surface area contributed by atoms with E-state index in [1.165, 1.54) is 30.4 Å². The van der Waals surface area contributed by atoms with E-state index in [2.05, 4.69) is 33.5 Å². The van der Waals surface area contributed by atoms with E-state index < -0.39 is 0 Å². The molecule has 1 aliphatic carbocycles. The third-order valence-electron chi connectivity index (χ3n) is 3.85. The monoisotopic (exact) mass is 287 g/mol. The zero-order valence-corrected chi connectivity index (χ0v) is 12.6. The molecule has 0 saturated carbocycles. The number of anilines is 2. The summed E-state index contributed by atoms with van der Waals surface area (Å²) in [5.74, 6) is 1.49. The van der Waals surface area contributed by atoms with Gasteiger partial charge in [-0.3, -0.25) is 0 Å². The van der Waals surface area contributed by atoms with E-state index in [1.54, 1.807) is 0 Å². The molecule has 1 aromatic carbocycles. The largest absolute Gasteiger partial charge is 0.340 e. The molecule has 0 saturated heterocycles. The topological polar surface area (TPSA) is 37.8 Å². The Bertz CT molecular complexity index is 652. The quantitative estimate of drug-likeness (QED) is 0.834. The van der Waals surface area contributed by atoms with E-state index >= 15 is 0 Å². The van der Waals surface area contributed by atoms with Gasteiger partial charge in [0.1, 0.15) is 16.8 Å². The van der Waals surface area contributed by atoms with Crippen LogP contribution in [0.25, 0.3) is 0 Å². The van der Waals surface area contributed by atoms with E-state index in [-0.39, 0.29) is 0 Å². The Morgan fingerprint density at radius 3 is 2.75 bits per heavy atom. The van der Waals surface area contributed by atoms with Crippen molar-refractivity contribution in [1.82, 2.24) is 9.97 Å². The summed E-state index contributed by atoms with van der Waals surface area (Å²) in [7, 11) is 0. The van der Waals surface area contributed by atoms with Crippen molar-refractivity contribution in [1.29, 1.82) is 0 Å². The van der Waals surface area contributed by atoms with Gasteiger partial charge in [0.25, 0.3) is 0 Å². The van der Waals surface area contributed by atoms with Gasteiger partial charge < -0.3 is 5.32 Å². The lowest BCUT2D eigenvalue weighted by Crippen LogP contribution is -2.08. The summed E-state index contributed by atoms with van der Waals surface area (Å²) < 4.78 is 0. The molecule has 1 N–H and O–H groups in total. The molecule has 0 radical (unpaired) electrons. The number of nitrogens with zero attached hydrogens (tertiary/aromatic N) is 2. The second kappa shape index (κ2) is 5.41. The van der Waals surface area contributed by atoms with Crippen molar-refractivity contribution < 1.29 is 0 Å². The van der Waals surface area contributed by atoms with Crippen LogP contribution in [-0.2, 0) is 12.8 Å². The van der Waals surface area contributed by atoms with Crippen LogP contribution in [0.15, 0.2) is 18.2 Å². The minimum Gasteiger partial charge on any atom is -0.340 e. The predicted octanol–water partition coefficient (Wildman–Crippen LogP) is 4.37. The fraction of sp³-hybridized carbons (Fsp3) is 0.375. The lowest BCUT2D eigenvalue weighted by Gasteiger charge is -2.20. The summed E-state index contributed by atoms with van der Waals surface area (Å²) in [5.41, 5.74) is 4.92. The van der Waals surface area contributed by atoms with Gasteiger partial charge in [0.05, 0.1) is 0 Å². The molecule has 1 aliphatic rings. The highest BCUT2D eigenvalue weighted by Gasteiger charge is 2.14. The fourth-order valence-electron chi connectivity index (χ4n) is 2.74. The van der Waals surface area contributed by atoms with Crippen LogP contribution in [0.1, 0.15) is 35.4 Å². The standard InChI is InChI=1S/C16H18ClN3/c1-10-15(17)18-11(2)19-16(10)20-14-9-5-7-12-6-3-4-8-13(12)14/h5,7,9H,3-4,6,8H2,1-2H3,(H,18,19,20). The highest BCUT2D eigenvalue weighted by atomic mass is 35.5. The Balaban J connectivity index is 2.00. The molecule has 0 bridgehead atoms. The van der Waals surface area contributed by atoms with Gasteiger partial charge in [-0.05, 0) is 56.7 Å². The zero-order chi connectivity index (χ0) is 14.1. The predicted molar refractivity (Wildman–Crippen MR) is 82.9 cm³/mol. The fourth-order valence-corrected chi connectivity index (χ4v) is 2.95. The van der Waals surface area contributed by atoms with Gasteiger partial charge in [0.2, 0.25) is 0 Å². The Kier molecular flexibility index (Phi) is 3.62. The third-order valence-corrected chi connectivity index (χ3v) is 4.22. The second-order valence-electron chi connectivity index (χ2n) is 5.31. The van der Waals surface area contributed by atoms with Gasteiger partial charge in [-0.15, -0.1) is 0 Å². The molecular weight excluding hydrogens is 270 g/mol. The number of fused-ring (bicyclic) bond motifs is 1. The SMILES string of the molecule is Cc1nc(Cl)c(C)c(Nc2cccc3c2CCCC3)n1. The van der Waals surface area contributed by atoms with Crippen LogP contribution in [0.4, 0.5) is 11.5 Å². The Morgan fingerprint density at radius 1 is 1.10 bits per heavy atom. The first-order chi connectivity index (χ1) is 9.65. The van der Waals surface area contributed by atoms with Gasteiger partial charge in [-0.2, -0.15) is 0 Å². The van der Waals surface area contributed by atoms with E-state index in [4.69, 9.17) is 11.6 Å². The molecule has 20 heavy (non-hydrogen) atoms. The van der Waals surface area contributed by atoms with Crippen molar-refractivity contribution in [3.63, 3.8) is 0 Å². The summed E-state index contributed by atoms with van der Waals surface area (Å²) in [6.07, 6.45) is 4.85. The molecule has 3 nitrogen and oxygen atoms in total. The van der Waals surface area contributed by atoms with Crippen LogP contribution in [0.2, 0.25) is 5.15 Å². The summed E-state index contributed by atoms with van der Waals surface area (Å²) in [6.45, 7) is 3.80. The second-order valence-corrected chi connectivity index (χ2v) is 5.67. The molecule has 0 fully saturated rings. The molecule has 3 rings (SSSR count). The Hall–Kier alpha value is -1.61. The maximum Gasteiger partial charge on any atom is 0.138 e. The van der Waals surface area contributed by atoms with Gasteiger partial charge >= 0.3 is 0 Å². The number of aryl methyl sites for hydroxylation is 2. The normalized spacial score (nSPS) is 13.9. The molecule has 0 atom stereocenters. The molecule has 1 heterocycles. The Labute approximate surface area is 124 Å². The molecule has 2 aromatic rings. The first kappa shape index (κ1) is 13.4. The highest BCUT2D eigenvalue weighted by molar-refractivity contribution is 6.30. The average molecular weight is 288 g/mol. The summed E-state index contributed by atoms with van der Waals surface area (Å²) in [6, 6.07) is 6.46. The van der Waals surface area contributed by atoms with Crippen LogP contribution >= 0.6 is 11.6 Å². The molecule has 1 aromatic heterocycles. The molecule has 0 unspecified atom stereocenters.